The van der Waals surface area contributed by atoms with Crippen molar-refractivity contribution >= 4 is 5.84 Å². The molecule has 0 radical (unpaired) electrons. The van der Waals surface area contributed by atoms with Crippen LogP contribution in [0.4, 0.5) is 0 Å². The van der Waals surface area contributed by atoms with E-state index in [1.807, 2.05) is 4.90 Å². The number of aliphatic hydroxyl groups excluding tert-OH is 1. The number of hydrogen-bond acceptors (Lipinski definition) is 3. The molecule has 58 valence electrons. The van der Waals surface area contributed by atoms with E-state index in [2.05, 4.69) is 0 Å². The van der Waals surface area contributed by atoms with E-state index in [4.69, 9.17) is 16.2 Å². The molecule has 1 rings (SSSR count). The van der Waals surface area contributed by atoms with Crippen LogP contribution in [0, 0.1) is 5.41 Å². The summed E-state index contributed by atoms with van der Waals surface area (Å²) < 4.78 is 0. The van der Waals surface area contributed by atoms with Crippen molar-refractivity contribution in [3.8, 4) is 0 Å². The lowest BCUT2D eigenvalue weighted by atomic mass is 10.3. The van der Waals surface area contributed by atoms with Crippen LogP contribution in [0.2, 0.25) is 0 Å². The van der Waals surface area contributed by atoms with Gasteiger partial charge in [0.2, 0.25) is 0 Å². The summed E-state index contributed by atoms with van der Waals surface area (Å²) in [4.78, 5) is 1.98. The molecule has 1 atom stereocenters. The molecule has 4 nitrogen and oxygen atoms in total. The first-order valence-corrected chi connectivity index (χ1v) is 3.42. The third-order valence-electron chi connectivity index (χ3n) is 1.64. The van der Waals surface area contributed by atoms with E-state index in [0.717, 1.165) is 13.0 Å². The van der Waals surface area contributed by atoms with Gasteiger partial charge in [0.05, 0.1) is 12.6 Å². The summed E-state index contributed by atoms with van der Waals surface area (Å²) in [5.74, 6) is 0.175. The highest BCUT2D eigenvalue weighted by Gasteiger charge is 2.19. The fraction of sp³-hybridized carbons (Fsp3) is 0.833. The third-order valence-corrected chi connectivity index (χ3v) is 1.64. The summed E-state index contributed by atoms with van der Waals surface area (Å²) in [6.45, 7) is 2.03. The number of nitrogens with two attached hydrogens (primary N) is 1. The average molecular weight is 143 g/mol. The maximum atomic E-state index is 9.06. The van der Waals surface area contributed by atoms with E-state index in [1.165, 1.54) is 0 Å². The highest BCUT2D eigenvalue weighted by molar-refractivity contribution is 5.78. The molecule has 1 heterocycles. The van der Waals surface area contributed by atoms with Gasteiger partial charge in [0.1, 0.15) is 5.84 Å². The average Bonchev–Trinajstić information content (AvgIpc) is 2.13. The van der Waals surface area contributed by atoms with E-state index < -0.39 is 0 Å². The molecule has 0 saturated carbocycles. The minimum Gasteiger partial charge on any atom is -0.392 e. The van der Waals surface area contributed by atoms with Crippen molar-refractivity contribution in [1.29, 1.82) is 5.41 Å². The number of rotatable bonds is 2. The van der Waals surface area contributed by atoms with Crippen LogP contribution in [-0.4, -0.2) is 41.6 Å². The summed E-state index contributed by atoms with van der Waals surface area (Å²) in [6.07, 6.45) is 0.604. The quantitative estimate of drug-likeness (QED) is 0.342. The van der Waals surface area contributed by atoms with E-state index >= 15 is 0 Å². The number of β-amino-alcohol motifs (C(OH)–C–C–N with tert-alkyl or cyclic N) is 1. The van der Waals surface area contributed by atoms with Crippen LogP contribution >= 0.6 is 0 Å². The maximum absolute atomic E-state index is 9.06. The molecule has 4 N–H and O–H groups in total. The summed E-state index contributed by atoms with van der Waals surface area (Å²) in [5.41, 5.74) is 5.18. The van der Waals surface area contributed by atoms with Crippen LogP contribution < -0.4 is 5.73 Å². The molecule has 0 aromatic carbocycles. The molecule has 0 aromatic rings. The van der Waals surface area contributed by atoms with Gasteiger partial charge < -0.3 is 10.8 Å². The lowest BCUT2D eigenvalue weighted by molar-refractivity contribution is 0.180. The Morgan fingerprint density at radius 1 is 1.80 bits per heavy atom. The molecule has 0 aliphatic carbocycles. The van der Waals surface area contributed by atoms with Crippen molar-refractivity contribution in [3.05, 3.63) is 0 Å². The fourth-order valence-corrected chi connectivity index (χ4v) is 1.20. The Morgan fingerprint density at radius 2 is 2.50 bits per heavy atom. The largest absolute Gasteiger partial charge is 0.392 e. The molecule has 0 spiro atoms. The van der Waals surface area contributed by atoms with Crippen molar-refractivity contribution in [2.45, 2.75) is 12.5 Å². The second kappa shape index (κ2) is 2.98. The minimum absolute atomic E-state index is 0.175. The molecule has 4 heteroatoms. The Hall–Kier alpha value is -0.610. The first-order valence-electron chi connectivity index (χ1n) is 3.42. The van der Waals surface area contributed by atoms with Crippen molar-refractivity contribution in [2.24, 2.45) is 5.73 Å². The van der Waals surface area contributed by atoms with Crippen LogP contribution in [0.1, 0.15) is 6.42 Å². The summed E-state index contributed by atoms with van der Waals surface area (Å²) in [7, 11) is 0. The lowest BCUT2D eigenvalue weighted by Crippen LogP contribution is -2.32. The zero-order chi connectivity index (χ0) is 7.56. The van der Waals surface area contributed by atoms with Gasteiger partial charge >= 0.3 is 0 Å². The van der Waals surface area contributed by atoms with Gasteiger partial charge in [-0.3, -0.25) is 10.3 Å². The number of hydrogen-bond donors (Lipinski definition) is 3. The topological polar surface area (TPSA) is 73.3 Å². The molecular weight excluding hydrogens is 130 g/mol. The fourth-order valence-electron chi connectivity index (χ4n) is 1.20. The Balaban J connectivity index is 2.24. The smallest absolute Gasteiger partial charge is 0.105 e. The standard InChI is InChI=1S/C6H13N3O/c7-6(8)4-9-2-1-5(10)3-9/h5,10H,1-4H2,(H3,7,8)/t5-/m1/s1. The van der Waals surface area contributed by atoms with Crippen molar-refractivity contribution in [2.75, 3.05) is 19.6 Å². The third kappa shape index (κ3) is 1.97. The molecule has 1 aliphatic rings. The van der Waals surface area contributed by atoms with Crippen molar-refractivity contribution in [1.82, 2.24) is 4.90 Å². The number of aliphatic hydroxyl groups is 1. The molecule has 0 unspecified atom stereocenters. The monoisotopic (exact) mass is 143 g/mol. The molecule has 1 fully saturated rings. The van der Waals surface area contributed by atoms with Crippen molar-refractivity contribution < 1.29 is 5.11 Å². The molecule has 10 heavy (non-hydrogen) atoms. The highest BCUT2D eigenvalue weighted by atomic mass is 16.3. The second-order valence-electron chi connectivity index (χ2n) is 2.70. The van der Waals surface area contributed by atoms with Gasteiger partial charge in [-0.05, 0) is 6.42 Å². The maximum Gasteiger partial charge on any atom is 0.105 e. The molecule has 1 aliphatic heterocycles. The van der Waals surface area contributed by atoms with Gasteiger partial charge in [-0.15, -0.1) is 0 Å². The number of amidine groups is 1. The highest BCUT2D eigenvalue weighted by Crippen LogP contribution is 2.06. The summed E-state index contributed by atoms with van der Waals surface area (Å²) in [5, 5.41) is 16.0. The van der Waals surface area contributed by atoms with Gasteiger partial charge in [-0.2, -0.15) is 0 Å². The van der Waals surface area contributed by atoms with Gasteiger partial charge in [0.25, 0.3) is 0 Å². The molecule has 0 aromatic heterocycles. The summed E-state index contributed by atoms with van der Waals surface area (Å²) in [6, 6.07) is 0. The first-order chi connectivity index (χ1) is 4.68. The van der Waals surface area contributed by atoms with Crippen LogP contribution in [0.5, 0.6) is 0 Å². The lowest BCUT2D eigenvalue weighted by Gasteiger charge is -2.12. The Labute approximate surface area is 60.1 Å². The summed E-state index contributed by atoms with van der Waals surface area (Å²) >= 11 is 0. The van der Waals surface area contributed by atoms with E-state index in [0.29, 0.717) is 13.1 Å². The predicted molar refractivity (Wildman–Crippen MR) is 39.0 cm³/mol. The van der Waals surface area contributed by atoms with Crippen LogP contribution in [-0.2, 0) is 0 Å². The van der Waals surface area contributed by atoms with E-state index in [1.54, 1.807) is 0 Å². The SMILES string of the molecule is N=C(N)CN1CC[C@@H](O)C1. The molecular formula is C6H13N3O. The normalized spacial score (nSPS) is 27.1. The minimum atomic E-state index is -0.209. The second-order valence-corrected chi connectivity index (χ2v) is 2.70. The number of likely N-dealkylation sites (tertiary alicyclic amines) is 1. The van der Waals surface area contributed by atoms with Crippen molar-refractivity contribution in [3.63, 3.8) is 0 Å². The Bertz CT molecular complexity index is 137. The Morgan fingerprint density at radius 3 is 2.90 bits per heavy atom. The molecule has 1 saturated heterocycles. The van der Waals surface area contributed by atoms with Crippen LogP contribution in [0.25, 0.3) is 0 Å². The van der Waals surface area contributed by atoms with Crippen LogP contribution in [0.15, 0.2) is 0 Å². The molecule has 0 amide bonds. The zero-order valence-electron chi connectivity index (χ0n) is 5.88. The molecule has 0 bridgehead atoms. The number of nitrogens with one attached hydrogen (secondary N) is 1. The van der Waals surface area contributed by atoms with Gasteiger partial charge in [0, 0.05) is 13.1 Å². The number of nitrogens with zero attached hydrogens (tertiary/aromatic N) is 1. The van der Waals surface area contributed by atoms with Gasteiger partial charge in [-0.25, -0.2) is 0 Å². The van der Waals surface area contributed by atoms with Gasteiger partial charge in [-0.1, -0.05) is 0 Å². The van der Waals surface area contributed by atoms with E-state index in [9.17, 15) is 0 Å². The Kier molecular flexibility index (Phi) is 2.24. The van der Waals surface area contributed by atoms with E-state index in [-0.39, 0.29) is 11.9 Å². The first kappa shape index (κ1) is 7.50. The van der Waals surface area contributed by atoms with Crippen LogP contribution in [0.3, 0.4) is 0 Å². The zero-order valence-corrected chi connectivity index (χ0v) is 5.88. The van der Waals surface area contributed by atoms with Gasteiger partial charge in [0.15, 0.2) is 0 Å². The predicted octanol–water partition coefficient (Wildman–Crippen LogP) is -1.01.